The molecule has 0 atom stereocenters. The lowest BCUT2D eigenvalue weighted by Crippen LogP contribution is -1.98. The summed E-state index contributed by atoms with van der Waals surface area (Å²) in [5, 5.41) is 7.81. The molecule has 0 fully saturated rings. The number of rotatable bonds is 1. The highest BCUT2D eigenvalue weighted by molar-refractivity contribution is 5.73. The molecule has 2 N–H and O–H groups in total. The lowest BCUT2D eigenvalue weighted by Gasteiger charge is -1.95. The molecular formula is C7H9N5. The minimum absolute atomic E-state index is 0.470. The molecule has 0 aromatic carbocycles. The van der Waals surface area contributed by atoms with E-state index in [4.69, 9.17) is 5.73 Å². The van der Waals surface area contributed by atoms with Gasteiger partial charge < -0.3 is 5.73 Å². The SMILES string of the molecule is Cn1nnc2c(CN)ccnc21. The average Bonchev–Trinajstić information content (AvgIpc) is 2.48. The van der Waals surface area contributed by atoms with Gasteiger partial charge in [0.05, 0.1) is 0 Å². The fraction of sp³-hybridized carbons (Fsp3) is 0.286. The first-order valence-corrected chi connectivity index (χ1v) is 3.66. The van der Waals surface area contributed by atoms with Gasteiger partial charge >= 0.3 is 0 Å². The van der Waals surface area contributed by atoms with Gasteiger partial charge in [0.1, 0.15) is 5.52 Å². The van der Waals surface area contributed by atoms with Crippen molar-refractivity contribution in [1.29, 1.82) is 0 Å². The fourth-order valence-electron chi connectivity index (χ4n) is 1.15. The number of aromatic nitrogens is 4. The van der Waals surface area contributed by atoms with Gasteiger partial charge in [0.25, 0.3) is 0 Å². The van der Waals surface area contributed by atoms with Crippen LogP contribution < -0.4 is 5.73 Å². The van der Waals surface area contributed by atoms with Crippen LogP contribution in [0.2, 0.25) is 0 Å². The van der Waals surface area contributed by atoms with Crippen molar-refractivity contribution < 1.29 is 0 Å². The highest BCUT2D eigenvalue weighted by Crippen LogP contribution is 2.10. The maximum Gasteiger partial charge on any atom is 0.178 e. The maximum atomic E-state index is 5.52. The summed E-state index contributed by atoms with van der Waals surface area (Å²) in [6.07, 6.45) is 1.72. The van der Waals surface area contributed by atoms with Crippen LogP contribution in [-0.4, -0.2) is 20.0 Å². The maximum absolute atomic E-state index is 5.52. The topological polar surface area (TPSA) is 69.6 Å². The molecule has 5 heteroatoms. The molecule has 0 unspecified atom stereocenters. The monoisotopic (exact) mass is 163 g/mol. The third-order valence-electron chi connectivity index (χ3n) is 1.79. The van der Waals surface area contributed by atoms with E-state index < -0.39 is 0 Å². The molecule has 0 aliphatic rings. The second-order valence-corrected chi connectivity index (χ2v) is 2.56. The van der Waals surface area contributed by atoms with Crippen molar-refractivity contribution in [2.24, 2.45) is 12.8 Å². The van der Waals surface area contributed by atoms with Crippen molar-refractivity contribution in [2.45, 2.75) is 6.54 Å². The highest BCUT2D eigenvalue weighted by atomic mass is 15.4. The predicted octanol–water partition coefficient (Wildman–Crippen LogP) is -0.178. The fourth-order valence-corrected chi connectivity index (χ4v) is 1.15. The van der Waals surface area contributed by atoms with E-state index >= 15 is 0 Å². The van der Waals surface area contributed by atoms with Crippen LogP contribution in [0.5, 0.6) is 0 Å². The summed E-state index contributed by atoms with van der Waals surface area (Å²) in [6.45, 7) is 0.470. The zero-order chi connectivity index (χ0) is 8.55. The van der Waals surface area contributed by atoms with E-state index in [1.54, 1.807) is 10.9 Å². The zero-order valence-corrected chi connectivity index (χ0v) is 6.73. The summed E-state index contributed by atoms with van der Waals surface area (Å²) in [7, 11) is 1.81. The van der Waals surface area contributed by atoms with Crippen LogP contribution in [0, 0.1) is 0 Å². The van der Waals surface area contributed by atoms with E-state index in [1.807, 2.05) is 13.1 Å². The van der Waals surface area contributed by atoms with E-state index in [9.17, 15) is 0 Å². The molecule has 0 aliphatic carbocycles. The third kappa shape index (κ3) is 0.868. The average molecular weight is 163 g/mol. The van der Waals surface area contributed by atoms with Gasteiger partial charge in [0.2, 0.25) is 0 Å². The number of fused-ring (bicyclic) bond motifs is 1. The largest absolute Gasteiger partial charge is 0.326 e. The first-order valence-electron chi connectivity index (χ1n) is 3.66. The Labute approximate surface area is 69.2 Å². The van der Waals surface area contributed by atoms with Crippen molar-refractivity contribution >= 4 is 11.2 Å². The summed E-state index contributed by atoms with van der Waals surface area (Å²) >= 11 is 0. The Morgan fingerprint density at radius 1 is 1.58 bits per heavy atom. The standard InChI is InChI=1S/C7H9N5/c1-12-7-6(10-11-12)5(4-8)2-3-9-7/h2-3H,4,8H2,1H3. The van der Waals surface area contributed by atoms with Crippen LogP contribution in [0.4, 0.5) is 0 Å². The van der Waals surface area contributed by atoms with Crippen molar-refractivity contribution in [3.8, 4) is 0 Å². The van der Waals surface area contributed by atoms with Gasteiger partial charge in [-0.1, -0.05) is 5.21 Å². The smallest absolute Gasteiger partial charge is 0.178 e. The van der Waals surface area contributed by atoms with Crippen molar-refractivity contribution in [1.82, 2.24) is 20.0 Å². The Kier molecular flexibility index (Phi) is 1.51. The number of nitrogens with two attached hydrogens (primary N) is 1. The number of hydrogen-bond acceptors (Lipinski definition) is 4. The van der Waals surface area contributed by atoms with Crippen LogP contribution in [0.3, 0.4) is 0 Å². The second-order valence-electron chi connectivity index (χ2n) is 2.56. The molecule has 2 aromatic rings. The summed E-state index contributed by atoms with van der Waals surface area (Å²) in [4.78, 5) is 4.13. The molecule has 12 heavy (non-hydrogen) atoms. The van der Waals surface area contributed by atoms with Crippen LogP contribution in [0.25, 0.3) is 11.2 Å². The summed E-state index contributed by atoms with van der Waals surface area (Å²) in [5.74, 6) is 0. The normalized spacial score (nSPS) is 10.8. The first-order chi connectivity index (χ1) is 5.83. The van der Waals surface area contributed by atoms with E-state index in [1.165, 1.54) is 0 Å². The van der Waals surface area contributed by atoms with Gasteiger partial charge in [-0.25, -0.2) is 9.67 Å². The molecule has 2 rings (SSSR count). The van der Waals surface area contributed by atoms with Gasteiger partial charge in [-0.2, -0.15) is 0 Å². The van der Waals surface area contributed by atoms with Gasteiger partial charge in [-0.05, 0) is 11.6 Å². The molecule has 2 aromatic heterocycles. The van der Waals surface area contributed by atoms with Crippen molar-refractivity contribution in [2.75, 3.05) is 0 Å². The second kappa shape index (κ2) is 2.53. The lowest BCUT2D eigenvalue weighted by molar-refractivity contribution is 0.730. The Morgan fingerprint density at radius 2 is 2.42 bits per heavy atom. The lowest BCUT2D eigenvalue weighted by atomic mass is 10.2. The van der Waals surface area contributed by atoms with E-state index in [-0.39, 0.29) is 0 Å². The molecular weight excluding hydrogens is 154 g/mol. The molecule has 0 bridgehead atoms. The minimum atomic E-state index is 0.470. The van der Waals surface area contributed by atoms with Crippen LogP contribution in [0.15, 0.2) is 12.3 Å². The molecule has 0 saturated carbocycles. The molecule has 2 heterocycles. The number of nitrogens with zero attached hydrogens (tertiary/aromatic N) is 4. The zero-order valence-electron chi connectivity index (χ0n) is 6.73. The molecule has 0 saturated heterocycles. The van der Waals surface area contributed by atoms with E-state index in [0.717, 1.165) is 16.7 Å². The number of hydrogen-bond donors (Lipinski definition) is 1. The van der Waals surface area contributed by atoms with Crippen molar-refractivity contribution in [3.63, 3.8) is 0 Å². The summed E-state index contributed by atoms with van der Waals surface area (Å²) in [6, 6.07) is 1.86. The Balaban J connectivity index is 2.81. The van der Waals surface area contributed by atoms with Crippen LogP contribution >= 0.6 is 0 Å². The Bertz CT molecular complexity index is 405. The summed E-state index contributed by atoms with van der Waals surface area (Å²) < 4.78 is 1.63. The third-order valence-corrected chi connectivity index (χ3v) is 1.79. The van der Waals surface area contributed by atoms with Gasteiger partial charge in [0, 0.05) is 19.8 Å². The van der Waals surface area contributed by atoms with Gasteiger partial charge in [-0.15, -0.1) is 5.10 Å². The Morgan fingerprint density at radius 3 is 3.17 bits per heavy atom. The highest BCUT2D eigenvalue weighted by Gasteiger charge is 2.05. The van der Waals surface area contributed by atoms with Crippen LogP contribution in [0.1, 0.15) is 5.56 Å². The van der Waals surface area contributed by atoms with E-state index in [0.29, 0.717) is 6.54 Å². The number of pyridine rings is 1. The molecule has 62 valence electrons. The molecule has 0 aliphatic heterocycles. The molecule has 5 nitrogen and oxygen atoms in total. The molecule has 0 radical (unpaired) electrons. The number of aryl methyl sites for hydroxylation is 1. The molecule has 0 amide bonds. The first kappa shape index (κ1) is 7.17. The predicted molar refractivity (Wildman–Crippen MR) is 44.2 cm³/mol. The quantitative estimate of drug-likeness (QED) is 0.633. The molecule has 0 spiro atoms. The van der Waals surface area contributed by atoms with Gasteiger partial charge in [-0.3, -0.25) is 0 Å². The van der Waals surface area contributed by atoms with E-state index in [2.05, 4.69) is 15.3 Å². The Hall–Kier alpha value is -1.49. The van der Waals surface area contributed by atoms with Crippen molar-refractivity contribution in [3.05, 3.63) is 17.8 Å². The van der Waals surface area contributed by atoms with Gasteiger partial charge in [0.15, 0.2) is 5.65 Å². The summed E-state index contributed by atoms with van der Waals surface area (Å²) in [5.41, 5.74) is 8.07. The van der Waals surface area contributed by atoms with Crippen LogP contribution in [-0.2, 0) is 13.6 Å². The minimum Gasteiger partial charge on any atom is -0.326 e.